The van der Waals surface area contributed by atoms with Crippen LogP contribution in [-0.4, -0.2) is 28.2 Å². The summed E-state index contributed by atoms with van der Waals surface area (Å²) in [6.07, 6.45) is 1.63. The molecule has 0 bridgehead atoms. The first-order valence-corrected chi connectivity index (χ1v) is 8.84. The maximum Gasteiger partial charge on any atom is 0.337 e. The average Bonchev–Trinajstić information content (AvgIpc) is 2.95. The molecular weight excluding hydrogens is 388 g/mol. The number of non-ortho nitro benzene ring substituents is 1. The molecule has 1 amide bonds. The van der Waals surface area contributed by atoms with E-state index in [2.05, 4.69) is 4.74 Å². The zero-order chi connectivity index (χ0) is 19.6. The maximum atomic E-state index is 12.7. The van der Waals surface area contributed by atoms with Crippen LogP contribution >= 0.6 is 24.0 Å². The lowest BCUT2D eigenvalue weighted by Gasteiger charge is -2.14. The van der Waals surface area contributed by atoms with Crippen molar-refractivity contribution in [2.75, 3.05) is 12.0 Å². The number of benzene rings is 2. The fourth-order valence-electron chi connectivity index (χ4n) is 2.40. The van der Waals surface area contributed by atoms with Gasteiger partial charge in [0.1, 0.15) is 0 Å². The van der Waals surface area contributed by atoms with Crippen LogP contribution in [0.2, 0.25) is 0 Å². The van der Waals surface area contributed by atoms with Gasteiger partial charge < -0.3 is 4.74 Å². The van der Waals surface area contributed by atoms with Gasteiger partial charge in [0, 0.05) is 12.1 Å². The van der Waals surface area contributed by atoms with Crippen molar-refractivity contribution in [1.82, 2.24) is 0 Å². The van der Waals surface area contributed by atoms with Gasteiger partial charge in [-0.05, 0) is 48.0 Å². The summed E-state index contributed by atoms with van der Waals surface area (Å²) >= 11 is 6.44. The van der Waals surface area contributed by atoms with Crippen molar-refractivity contribution >= 4 is 57.6 Å². The van der Waals surface area contributed by atoms with Gasteiger partial charge >= 0.3 is 5.97 Å². The summed E-state index contributed by atoms with van der Waals surface area (Å²) in [4.78, 5) is 36.2. The third kappa shape index (κ3) is 3.88. The number of esters is 1. The Labute approximate surface area is 163 Å². The van der Waals surface area contributed by atoms with Crippen molar-refractivity contribution in [3.63, 3.8) is 0 Å². The molecule has 2 aromatic carbocycles. The highest BCUT2D eigenvalue weighted by molar-refractivity contribution is 8.27. The average molecular weight is 400 g/mol. The van der Waals surface area contributed by atoms with Gasteiger partial charge in [0.05, 0.1) is 28.2 Å². The number of methoxy groups -OCH3 is 1. The van der Waals surface area contributed by atoms with E-state index in [0.717, 1.165) is 11.8 Å². The highest BCUT2D eigenvalue weighted by Gasteiger charge is 2.33. The highest BCUT2D eigenvalue weighted by atomic mass is 32.2. The Kier molecular flexibility index (Phi) is 5.33. The van der Waals surface area contributed by atoms with Crippen LogP contribution in [0.15, 0.2) is 53.4 Å². The third-order valence-corrected chi connectivity index (χ3v) is 5.04. The van der Waals surface area contributed by atoms with Gasteiger partial charge in [-0.2, -0.15) is 0 Å². The first-order valence-electron chi connectivity index (χ1n) is 7.61. The number of hydrogen-bond acceptors (Lipinski definition) is 7. The van der Waals surface area contributed by atoms with Crippen LogP contribution in [-0.2, 0) is 9.53 Å². The minimum Gasteiger partial charge on any atom is -0.465 e. The Morgan fingerprint density at radius 1 is 1.19 bits per heavy atom. The second kappa shape index (κ2) is 7.68. The normalized spacial score (nSPS) is 15.3. The van der Waals surface area contributed by atoms with Gasteiger partial charge in [0.2, 0.25) is 0 Å². The summed E-state index contributed by atoms with van der Waals surface area (Å²) < 4.78 is 5.01. The Morgan fingerprint density at radius 2 is 1.81 bits per heavy atom. The van der Waals surface area contributed by atoms with Crippen LogP contribution < -0.4 is 4.90 Å². The minimum atomic E-state index is -0.485. The maximum absolute atomic E-state index is 12.7. The second-order valence-corrected chi connectivity index (χ2v) is 7.08. The van der Waals surface area contributed by atoms with Crippen LogP contribution in [0.3, 0.4) is 0 Å². The van der Waals surface area contributed by atoms with Gasteiger partial charge in [0.25, 0.3) is 11.6 Å². The van der Waals surface area contributed by atoms with Gasteiger partial charge in [-0.3, -0.25) is 19.8 Å². The van der Waals surface area contributed by atoms with E-state index in [9.17, 15) is 19.7 Å². The molecule has 0 atom stereocenters. The number of thioether (sulfide) groups is 1. The van der Waals surface area contributed by atoms with E-state index in [-0.39, 0.29) is 11.6 Å². The molecule has 27 heavy (non-hydrogen) atoms. The number of amides is 1. The summed E-state index contributed by atoms with van der Waals surface area (Å²) in [5.74, 6) is -0.765. The Bertz CT molecular complexity index is 968. The van der Waals surface area contributed by atoms with E-state index in [1.54, 1.807) is 42.5 Å². The number of nitro groups is 1. The van der Waals surface area contributed by atoms with Crippen LogP contribution in [0, 0.1) is 10.1 Å². The van der Waals surface area contributed by atoms with Gasteiger partial charge in [-0.25, -0.2) is 4.79 Å². The molecule has 1 heterocycles. The molecule has 1 aliphatic heterocycles. The fraction of sp³-hybridized carbons (Fsp3) is 0.0556. The number of thiocarbonyl (C=S) groups is 1. The number of nitrogens with zero attached hydrogens (tertiary/aromatic N) is 2. The first-order chi connectivity index (χ1) is 12.9. The zero-order valence-electron chi connectivity index (χ0n) is 13.9. The van der Waals surface area contributed by atoms with Crippen molar-refractivity contribution in [2.24, 2.45) is 0 Å². The molecule has 0 aromatic heterocycles. The molecule has 0 N–H and O–H groups in total. The zero-order valence-corrected chi connectivity index (χ0v) is 15.6. The van der Waals surface area contributed by atoms with Gasteiger partial charge in [-0.15, -0.1) is 0 Å². The van der Waals surface area contributed by atoms with Crippen LogP contribution in [0.1, 0.15) is 15.9 Å². The third-order valence-electron chi connectivity index (χ3n) is 3.74. The molecule has 1 aliphatic rings. The number of anilines is 1. The summed E-state index contributed by atoms with van der Waals surface area (Å²) in [6.45, 7) is 0. The van der Waals surface area contributed by atoms with E-state index >= 15 is 0 Å². The van der Waals surface area contributed by atoms with E-state index in [1.807, 2.05) is 0 Å². The van der Waals surface area contributed by atoms with E-state index in [1.165, 1.54) is 24.1 Å². The minimum absolute atomic E-state index is 0.0228. The molecule has 0 saturated carbocycles. The first kappa shape index (κ1) is 18.7. The fourth-order valence-corrected chi connectivity index (χ4v) is 3.70. The van der Waals surface area contributed by atoms with E-state index in [0.29, 0.717) is 26.0 Å². The standard InChI is InChI=1S/C18H12N2O5S2/c1-25-17(22)12-4-8-13(9-5-12)19-16(21)15(27-18(19)26)10-11-2-6-14(7-3-11)20(23)24/h2-10H,1H3. The lowest BCUT2D eigenvalue weighted by molar-refractivity contribution is -0.384. The molecule has 0 unspecified atom stereocenters. The summed E-state index contributed by atoms with van der Waals surface area (Å²) in [5.41, 5.74) is 1.54. The Morgan fingerprint density at radius 3 is 2.37 bits per heavy atom. The molecule has 2 aromatic rings. The molecule has 7 nitrogen and oxygen atoms in total. The molecule has 0 aliphatic carbocycles. The van der Waals surface area contributed by atoms with Crippen molar-refractivity contribution < 1.29 is 19.2 Å². The number of nitro benzene ring substituents is 1. The van der Waals surface area contributed by atoms with E-state index < -0.39 is 10.9 Å². The predicted molar refractivity (Wildman–Crippen MR) is 107 cm³/mol. The molecule has 0 spiro atoms. The quantitative estimate of drug-likeness (QED) is 0.254. The molecule has 1 fully saturated rings. The van der Waals surface area contributed by atoms with Gasteiger partial charge in [0.15, 0.2) is 4.32 Å². The predicted octanol–water partition coefficient (Wildman–Crippen LogP) is 3.79. The highest BCUT2D eigenvalue weighted by Crippen LogP contribution is 2.36. The summed E-state index contributed by atoms with van der Waals surface area (Å²) in [7, 11) is 1.29. The molecule has 136 valence electrons. The van der Waals surface area contributed by atoms with E-state index in [4.69, 9.17) is 12.2 Å². The van der Waals surface area contributed by atoms with Gasteiger partial charge in [-0.1, -0.05) is 24.0 Å². The smallest absolute Gasteiger partial charge is 0.337 e. The molecule has 1 saturated heterocycles. The van der Waals surface area contributed by atoms with Crippen LogP contribution in [0.4, 0.5) is 11.4 Å². The molecular formula is C18H12N2O5S2. The second-order valence-electron chi connectivity index (χ2n) is 5.40. The van der Waals surface area contributed by atoms with Crippen molar-refractivity contribution in [3.8, 4) is 0 Å². The van der Waals surface area contributed by atoms with Crippen LogP contribution in [0.25, 0.3) is 6.08 Å². The Balaban J connectivity index is 1.84. The Hall–Kier alpha value is -3.04. The topological polar surface area (TPSA) is 89.8 Å². The van der Waals surface area contributed by atoms with Crippen LogP contribution in [0.5, 0.6) is 0 Å². The molecule has 0 radical (unpaired) electrons. The number of carbonyl (C=O) groups is 2. The van der Waals surface area contributed by atoms with Crippen molar-refractivity contribution in [2.45, 2.75) is 0 Å². The number of rotatable bonds is 4. The monoisotopic (exact) mass is 400 g/mol. The largest absolute Gasteiger partial charge is 0.465 e. The molecule has 9 heteroatoms. The summed E-state index contributed by atoms with van der Waals surface area (Å²) in [6, 6.07) is 12.2. The van der Waals surface area contributed by atoms with Crippen molar-refractivity contribution in [3.05, 3.63) is 74.7 Å². The number of carbonyl (C=O) groups excluding carboxylic acids is 2. The summed E-state index contributed by atoms with van der Waals surface area (Å²) in [5, 5.41) is 10.7. The number of hydrogen-bond donors (Lipinski definition) is 0. The molecule has 3 rings (SSSR count). The lowest BCUT2D eigenvalue weighted by atomic mass is 10.2. The van der Waals surface area contributed by atoms with Crippen molar-refractivity contribution in [1.29, 1.82) is 0 Å². The number of ether oxygens (including phenoxy) is 1. The lowest BCUT2D eigenvalue weighted by Crippen LogP contribution is -2.27. The SMILES string of the molecule is COC(=O)c1ccc(N2C(=O)C(=Cc3ccc([N+](=O)[O-])cc3)SC2=S)cc1.